The molecule has 2 saturated heterocycles. The number of fused-ring (bicyclic) bond motifs is 1. The maximum atomic E-state index is 12.9. The van der Waals surface area contributed by atoms with Crippen LogP contribution >= 0.6 is 35.2 Å². The number of carbonyl (C=O) groups excluding carboxylic acids is 4. The molecule has 0 bridgehead atoms. The molecule has 11 N–H and O–H groups in total. The molecular formula is C31H56N3O21P3S. The summed E-state index contributed by atoms with van der Waals surface area (Å²) in [5.41, 5.74) is 0. The van der Waals surface area contributed by atoms with Crippen LogP contribution in [0.25, 0.3) is 0 Å². The van der Waals surface area contributed by atoms with Crippen molar-refractivity contribution in [2.45, 2.75) is 144 Å². The SMILES string of the molecule is CCCCCC(=O)O[C@H](COC(=O)CCCCCNC(=O)CCCC[C@@H]1SC[C@@H]2NC(=O)N[C@@H]21)COP(=O)(O)OC1[C@H](O)[C@@H](O)[C@H](OP(=O)(O)O)[C@@H](OP(=O)(O)O)[C@H]1O. The van der Waals surface area contributed by atoms with Crippen molar-refractivity contribution in [1.29, 1.82) is 0 Å². The monoisotopic (exact) mass is 931 g/mol. The molecule has 2 unspecified atom stereocenters. The summed E-state index contributed by atoms with van der Waals surface area (Å²) in [6.07, 6.45) is -10.5. The molecule has 11 atom stereocenters. The molecule has 59 heavy (non-hydrogen) atoms. The molecular weight excluding hydrogens is 875 g/mol. The summed E-state index contributed by atoms with van der Waals surface area (Å²) in [5, 5.41) is 40.6. The van der Waals surface area contributed by atoms with Gasteiger partial charge in [0.1, 0.15) is 43.2 Å². The van der Waals surface area contributed by atoms with Gasteiger partial charge in [0, 0.05) is 36.8 Å². The van der Waals surface area contributed by atoms with Gasteiger partial charge < -0.3 is 65.2 Å². The number of ether oxygens (including phenoxy) is 2. The van der Waals surface area contributed by atoms with E-state index in [0.29, 0.717) is 56.7 Å². The number of phosphoric acid groups is 3. The Bertz CT molecular complexity index is 1540. The van der Waals surface area contributed by atoms with E-state index in [9.17, 15) is 62.9 Å². The second-order valence-corrected chi connectivity index (χ2v) is 19.3. The first kappa shape index (κ1) is 51.6. The fraction of sp³-hybridized carbons (Fsp3) is 0.871. The van der Waals surface area contributed by atoms with Crippen molar-refractivity contribution in [2.75, 3.05) is 25.5 Å². The first-order valence-corrected chi connectivity index (χ1v) is 24.7. The first-order chi connectivity index (χ1) is 27.6. The number of hydrogen-bond acceptors (Lipinski definition) is 17. The minimum absolute atomic E-state index is 0.0570. The smallest absolute Gasteiger partial charge is 0.462 e. The number of rotatable bonds is 27. The fourth-order valence-electron chi connectivity index (χ4n) is 6.51. The number of unbranched alkanes of at least 4 members (excludes halogenated alkanes) is 5. The van der Waals surface area contributed by atoms with Crippen molar-refractivity contribution >= 4 is 59.1 Å². The van der Waals surface area contributed by atoms with E-state index < -0.39 is 91.3 Å². The molecule has 1 aliphatic carbocycles. The molecule has 0 radical (unpaired) electrons. The van der Waals surface area contributed by atoms with Crippen molar-refractivity contribution < 1.29 is 100 Å². The van der Waals surface area contributed by atoms with E-state index in [4.69, 9.17) is 28.3 Å². The summed E-state index contributed by atoms with van der Waals surface area (Å²) in [6, 6.07) is 0.140. The molecule has 3 amide bonds. The van der Waals surface area contributed by atoms with Crippen molar-refractivity contribution in [3.63, 3.8) is 0 Å². The topological polar surface area (TPSA) is 373 Å². The predicted molar refractivity (Wildman–Crippen MR) is 203 cm³/mol. The Morgan fingerprint density at radius 2 is 1.37 bits per heavy atom. The van der Waals surface area contributed by atoms with Gasteiger partial charge in [-0.3, -0.25) is 32.5 Å². The number of aliphatic hydroxyl groups is 3. The van der Waals surface area contributed by atoms with Crippen LogP contribution in [0.2, 0.25) is 0 Å². The molecule has 3 rings (SSSR count). The molecule has 3 fully saturated rings. The number of hydrogen-bond donors (Lipinski definition) is 11. The van der Waals surface area contributed by atoms with Crippen LogP contribution in [0.3, 0.4) is 0 Å². The van der Waals surface area contributed by atoms with E-state index in [1.165, 1.54) is 0 Å². The highest BCUT2D eigenvalue weighted by Crippen LogP contribution is 2.51. The van der Waals surface area contributed by atoms with Crippen molar-refractivity contribution in [3.05, 3.63) is 0 Å². The van der Waals surface area contributed by atoms with Crippen molar-refractivity contribution in [3.8, 4) is 0 Å². The van der Waals surface area contributed by atoms with Crippen LogP contribution in [0.4, 0.5) is 4.79 Å². The van der Waals surface area contributed by atoms with Crippen LogP contribution in [0, 0.1) is 0 Å². The van der Waals surface area contributed by atoms with Gasteiger partial charge in [-0.05, 0) is 32.1 Å². The molecule has 0 spiro atoms. The van der Waals surface area contributed by atoms with Crippen molar-refractivity contribution in [1.82, 2.24) is 16.0 Å². The van der Waals surface area contributed by atoms with Gasteiger partial charge in [-0.2, -0.15) is 11.8 Å². The number of carbonyl (C=O) groups is 4. The minimum atomic E-state index is -5.61. The lowest BCUT2D eigenvalue weighted by atomic mass is 9.85. The highest BCUT2D eigenvalue weighted by Gasteiger charge is 2.56. The van der Waals surface area contributed by atoms with Gasteiger partial charge >= 0.3 is 41.4 Å². The quantitative estimate of drug-likeness (QED) is 0.0223. The second kappa shape index (κ2) is 24.2. The lowest BCUT2D eigenvalue weighted by molar-refractivity contribution is -0.213. The average molecular weight is 932 g/mol. The number of esters is 2. The maximum absolute atomic E-state index is 12.9. The van der Waals surface area contributed by atoms with Crippen LogP contribution in [0.1, 0.15) is 84.0 Å². The largest absolute Gasteiger partial charge is 0.472 e. The maximum Gasteiger partial charge on any atom is 0.472 e. The molecule has 0 aromatic rings. The third-order valence-corrected chi connectivity index (χ3v) is 12.9. The molecule has 1 saturated carbocycles. The Morgan fingerprint density at radius 1 is 0.763 bits per heavy atom. The normalized spacial score (nSPS) is 28.5. The summed E-state index contributed by atoms with van der Waals surface area (Å²) >= 11 is 1.82. The highest BCUT2D eigenvalue weighted by molar-refractivity contribution is 8.00. The minimum Gasteiger partial charge on any atom is -0.462 e. The molecule has 24 nitrogen and oxygen atoms in total. The zero-order chi connectivity index (χ0) is 44.0. The average Bonchev–Trinajstić information content (AvgIpc) is 3.69. The van der Waals surface area contributed by atoms with Crippen LogP contribution in [0.5, 0.6) is 0 Å². The Balaban J connectivity index is 1.43. The molecule has 2 aliphatic heterocycles. The number of aliphatic hydroxyl groups excluding tert-OH is 3. The molecule has 342 valence electrons. The van der Waals surface area contributed by atoms with E-state index >= 15 is 0 Å². The van der Waals surface area contributed by atoms with Gasteiger partial charge in [-0.15, -0.1) is 0 Å². The molecule has 28 heteroatoms. The number of phosphoric ester groups is 3. The lowest BCUT2D eigenvalue weighted by Crippen LogP contribution is -2.65. The van der Waals surface area contributed by atoms with Gasteiger partial charge in [0.15, 0.2) is 6.10 Å². The van der Waals surface area contributed by atoms with E-state index in [2.05, 4.69) is 25.0 Å². The molecule has 3 aliphatic rings. The lowest BCUT2D eigenvalue weighted by Gasteiger charge is -2.44. The number of urea groups is 1. The van der Waals surface area contributed by atoms with E-state index in [-0.39, 0.29) is 36.9 Å². The third kappa shape index (κ3) is 18.6. The second-order valence-electron chi connectivity index (χ2n) is 14.2. The summed E-state index contributed by atoms with van der Waals surface area (Å²) in [6.45, 7) is 0.682. The van der Waals surface area contributed by atoms with Crippen LogP contribution < -0.4 is 16.0 Å². The Morgan fingerprint density at radius 3 is 2.03 bits per heavy atom. The number of thioether (sulfide) groups is 1. The zero-order valence-electron chi connectivity index (χ0n) is 32.2. The number of amides is 3. The standard InChI is InChI=1S/C31H56N3O21P3S/c1-2-3-5-13-23(37)52-18(16-51-58(48,49)55-28-25(38)26(39)29(53-56(42,43)44)30(27(28)40)54-57(45,46)47)15-50-22(36)12-6-4-9-14-32-21(35)11-8-7-10-20-24-19(17-59-20)33-31(41)34-24/h18-20,24-30,38-40H,2-17H2,1H3,(H,32,35)(H,48,49)(H2,33,34,41)(H2,42,43,44)(H2,45,46,47)/t18-,19+,20+,24+,25-,26-,27+,28?,29+,30+/m1/s1. The van der Waals surface area contributed by atoms with E-state index in [0.717, 1.165) is 25.0 Å². The van der Waals surface area contributed by atoms with Gasteiger partial charge in [-0.25, -0.2) is 18.5 Å². The third-order valence-electron chi connectivity index (χ3n) is 9.39. The summed E-state index contributed by atoms with van der Waals surface area (Å²) in [7, 11) is -16.6. The predicted octanol–water partition coefficient (Wildman–Crippen LogP) is -0.0216. The highest BCUT2D eigenvalue weighted by atomic mass is 32.2. The molecule has 0 aromatic carbocycles. The van der Waals surface area contributed by atoms with Gasteiger partial charge in [-0.1, -0.05) is 32.6 Å². The summed E-state index contributed by atoms with van der Waals surface area (Å²) < 4.78 is 64.5. The van der Waals surface area contributed by atoms with Crippen LogP contribution in [0.15, 0.2) is 0 Å². The summed E-state index contributed by atoms with van der Waals surface area (Å²) in [4.78, 5) is 95.9. The Hall–Kier alpha value is -1.76. The zero-order valence-corrected chi connectivity index (χ0v) is 35.7. The van der Waals surface area contributed by atoms with Crippen LogP contribution in [-0.4, -0.2) is 149 Å². The molecule has 0 aromatic heterocycles. The Kier molecular flexibility index (Phi) is 21.1. The van der Waals surface area contributed by atoms with Gasteiger partial charge in [0.2, 0.25) is 5.91 Å². The Labute approximate surface area is 344 Å². The first-order valence-electron chi connectivity index (χ1n) is 19.1. The van der Waals surface area contributed by atoms with Crippen molar-refractivity contribution in [2.24, 2.45) is 0 Å². The van der Waals surface area contributed by atoms with E-state index in [1.54, 1.807) is 0 Å². The van der Waals surface area contributed by atoms with E-state index in [1.807, 2.05) is 18.7 Å². The van der Waals surface area contributed by atoms with Gasteiger partial charge in [0.25, 0.3) is 0 Å². The molecule has 2 heterocycles. The summed E-state index contributed by atoms with van der Waals surface area (Å²) in [5.74, 6) is -0.695. The van der Waals surface area contributed by atoms with Gasteiger partial charge in [0.05, 0.1) is 18.7 Å². The fourth-order valence-corrected chi connectivity index (χ4v) is 10.2. The van der Waals surface area contributed by atoms with Crippen LogP contribution in [-0.2, 0) is 55.6 Å². The number of nitrogens with one attached hydrogen (secondary N) is 3.